The van der Waals surface area contributed by atoms with Crippen molar-refractivity contribution in [3.05, 3.63) is 59.7 Å². The van der Waals surface area contributed by atoms with Gasteiger partial charge in [0.25, 0.3) is 0 Å². The molecule has 2 rings (SSSR count). The summed E-state index contributed by atoms with van der Waals surface area (Å²) in [5.41, 5.74) is 7.15. The summed E-state index contributed by atoms with van der Waals surface area (Å²) in [6, 6.07) is 10.5. The zero-order valence-electron chi connectivity index (χ0n) is 8.87. The van der Waals surface area contributed by atoms with E-state index in [1.54, 1.807) is 24.3 Å². The fourth-order valence-corrected chi connectivity index (χ4v) is 1.54. The standard InChI is InChI=1S/C13H10F2N2/c14-11-5-4-9(7-12(11)15)8-2-1-3-10(6-8)13(16)17/h1-7H,(H3,16,17). The lowest BCUT2D eigenvalue weighted by atomic mass is 10.0. The molecule has 0 aromatic heterocycles. The first-order chi connectivity index (χ1) is 8.08. The van der Waals surface area contributed by atoms with Gasteiger partial charge >= 0.3 is 0 Å². The summed E-state index contributed by atoms with van der Waals surface area (Å²) < 4.78 is 25.9. The Bertz CT molecular complexity index is 579. The van der Waals surface area contributed by atoms with Crippen LogP contribution in [0, 0.1) is 17.0 Å². The number of benzene rings is 2. The molecule has 0 atom stereocenters. The summed E-state index contributed by atoms with van der Waals surface area (Å²) >= 11 is 0. The molecule has 0 fully saturated rings. The molecule has 0 saturated carbocycles. The van der Waals surface area contributed by atoms with Crippen LogP contribution in [-0.2, 0) is 0 Å². The van der Waals surface area contributed by atoms with Gasteiger partial charge in [0.2, 0.25) is 0 Å². The minimum atomic E-state index is -0.893. The van der Waals surface area contributed by atoms with Gasteiger partial charge in [-0.3, -0.25) is 5.41 Å². The first kappa shape index (κ1) is 11.3. The largest absolute Gasteiger partial charge is 0.384 e. The number of nitrogen functional groups attached to an aromatic ring is 1. The maximum atomic E-state index is 13.1. The van der Waals surface area contributed by atoms with E-state index >= 15 is 0 Å². The van der Waals surface area contributed by atoms with Crippen LogP contribution in [0.1, 0.15) is 5.56 Å². The van der Waals surface area contributed by atoms with E-state index in [1.165, 1.54) is 6.07 Å². The van der Waals surface area contributed by atoms with Gasteiger partial charge in [0.15, 0.2) is 11.6 Å². The lowest BCUT2D eigenvalue weighted by molar-refractivity contribution is 0.509. The van der Waals surface area contributed by atoms with E-state index in [4.69, 9.17) is 11.1 Å². The molecule has 2 aromatic rings. The first-order valence-electron chi connectivity index (χ1n) is 4.98. The summed E-state index contributed by atoms with van der Waals surface area (Å²) in [6.45, 7) is 0. The molecule has 0 aliphatic heterocycles. The fraction of sp³-hybridized carbons (Fsp3) is 0. The lowest BCUT2D eigenvalue weighted by Crippen LogP contribution is -2.10. The van der Waals surface area contributed by atoms with Gasteiger partial charge in [-0.1, -0.05) is 24.3 Å². The molecule has 0 heterocycles. The van der Waals surface area contributed by atoms with Crippen LogP contribution < -0.4 is 5.73 Å². The Morgan fingerprint density at radius 2 is 1.65 bits per heavy atom. The predicted octanol–water partition coefficient (Wildman–Crippen LogP) is 2.92. The van der Waals surface area contributed by atoms with Crippen molar-refractivity contribution in [1.29, 1.82) is 5.41 Å². The second kappa shape index (κ2) is 4.33. The number of rotatable bonds is 2. The van der Waals surface area contributed by atoms with E-state index in [0.717, 1.165) is 12.1 Å². The third kappa shape index (κ3) is 2.30. The van der Waals surface area contributed by atoms with Crippen LogP contribution in [0.25, 0.3) is 11.1 Å². The smallest absolute Gasteiger partial charge is 0.159 e. The van der Waals surface area contributed by atoms with Gasteiger partial charge in [-0.05, 0) is 29.3 Å². The minimum Gasteiger partial charge on any atom is -0.384 e. The number of amidine groups is 1. The Kier molecular flexibility index (Phi) is 2.87. The summed E-state index contributed by atoms with van der Waals surface area (Å²) in [6.07, 6.45) is 0. The Morgan fingerprint density at radius 1 is 0.941 bits per heavy atom. The molecule has 3 N–H and O–H groups in total. The highest BCUT2D eigenvalue weighted by Crippen LogP contribution is 2.22. The molecular weight excluding hydrogens is 222 g/mol. The van der Waals surface area contributed by atoms with Crippen molar-refractivity contribution in [3.63, 3.8) is 0 Å². The van der Waals surface area contributed by atoms with Crippen molar-refractivity contribution in [2.24, 2.45) is 5.73 Å². The maximum Gasteiger partial charge on any atom is 0.159 e. The van der Waals surface area contributed by atoms with Gasteiger partial charge in [0.05, 0.1) is 0 Å². The van der Waals surface area contributed by atoms with Gasteiger partial charge in [-0.15, -0.1) is 0 Å². The summed E-state index contributed by atoms with van der Waals surface area (Å²) in [5, 5.41) is 7.31. The van der Waals surface area contributed by atoms with E-state index in [2.05, 4.69) is 0 Å². The quantitative estimate of drug-likeness (QED) is 0.607. The summed E-state index contributed by atoms with van der Waals surface area (Å²) in [5.74, 6) is -1.83. The molecule has 86 valence electrons. The molecule has 0 aliphatic carbocycles. The Morgan fingerprint density at radius 3 is 2.29 bits per heavy atom. The third-order valence-electron chi connectivity index (χ3n) is 2.43. The van der Waals surface area contributed by atoms with Crippen molar-refractivity contribution in [1.82, 2.24) is 0 Å². The first-order valence-corrected chi connectivity index (χ1v) is 4.98. The molecule has 0 radical (unpaired) electrons. The average Bonchev–Trinajstić information content (AvgIpc) is 2.33. The Hall–Kier alpha value is -2.23. The third-order valence-corrected chi connectivity index (χ3v) is 2.43. The molecule has 4 heteroatoms. The van der Waals surface area contributed by atoms with Crippen molar-refractivity contribution in [2.45, 2.75) is 0 Å². The van der Waals surface area contributed by atoms with E-state index in [0.29, 0.717) is 16.7 Å². The van der Waals surface area contributed by atoms with Crippen LogP contribution in [0.2, 0.25) is 0 Å². The lowest BCUT2D eigenvalue weighted by Gasteiger charge is -2.05. The minimum absolute atomic E-state index is 0.0607. The Balaban J connectivity index is 2.49. The van der Waals surface area contributed by atoms with Gasteiger partial charge in [-0.25, -0.2) is 8.78 Å². The van der Waals surface area contributed by atoms with Crippen LogP contribution in [0.5, 0.6) is 0 Å². The number of nitrogens with one attached hydrogen (secondary N) is 1. The SMILES string of the molecule is N=C(N)c1cccc(-c2ccc(F)c(F)c2)c1. The van der Waals surface area contributed by atoms with Gasteiger partial charge in [0, 0.05) is 5.56 Å². The fourth-order valence-electron chi connectivity index (χ4n) is 1.54. The molecule has 2 nitrogen and oxygen atoms in total. The molecule has 0 unspecified atom stereocenters. The molecule has 0 amide bonds. The molecule has 2 aromatic carbocycles. The highest BCUT2D eigenvalue weighted by molar-refractivity contribution is 5.96. The van der Waals surface area contributed by atoms with E-state index < -0.39 is 11.6 Å². The monoisotopic (exact) mass is 232 g/mol. The molecule has 0 spiro atoms. The molecule has 0 saturated heterocycles. The number of halogens is 2. The van der Waals surface area contributed by atoms with Crippen LogP contribution in [0.15, 0.2) is 42.5 Å². The van der Waals surface area contributed by atoms with Crippen molar-refractivity contribution in [3.8, 4) is 11.1 Å². The van der Waals surface area contributed by atoms with Gasteiger partial charge in [0.1, 0.15) is 5.84 Å². The zero-order chi connectivity index (χ0) is 12.4. The molecule has 0 aliphatic rings. The normalized spacial score (nSPS) is 10.2. The van der Waals surface area contributed by atoms with Crippen LogP contribution in [0.3, 0.4) is 0 Å². The number of hydrogen-bond acceptors (Lipinski definition) is 1. The average molecular weight is 232 g/mol. The van der Waals surface area contributed by atoms with Gasteiger partial charge < -0.3 is 5.73 Å². The van der Waals surface area contributed by atoms with Crippen molar-refractivity contribution < 1.29 is 8.78 Å². The second-order valence-electron chi connectivity index (χ2n) is 3.62. The van der Waals surface area contributed by atoms with E-state index in [-0.39, 0.29) is 5.84 Å². The topological polar surface area (TPSA) is 49.9 Å². The van der Waals surface area contributed by atoms with Crippen LogP contribution in [-0.4, -0.2) is 5.84 Å². The highest BCUT2D eigenvalue weighted by atomic mass is 19.2. The maximum absolute atomic E-state index is 13.1. The Labute approximate surface area is 97.2 Å². The molecular formula is C13H10F2N2. The highest BCUT2D eigenvalue weighted by Gasteiger charge is 2.05. The van der Waals surface area contributed by atoms with Crippen LogP contribution >= 0.6 is 0 Å². The van der Waals surface area contributed by atoms with Crippen molar-refractivity contribution >= 4 is 5.84 Å². The second-order valence-corrected chi connectivity index (χ2v) is 3.62. The summed E-state index contributed by atoms with van der Waals surface area (Å²) in [4.78, 5) is 0. The van der Waals surface area contributed by atoms with E-state index in [1.807, 2.05) is 0 Å². The zero-order valence-corrected chi connectivity index (χ0v) is 8.87. The number of hydrogen-bond donors (Lipinski definition) is 2. The summed E-state index contributed by atoms with van der Waals surface area (Å²) in [7, 11) is 0. The number of nitrogens with two attached hydrogens (primary N) is 1. The molecule has 17 heavy (non-hydrogen) atoms. The predicted molar refractivity (Wildman–Crippen MR) is 62.8 cm³/mol. The van der Waals surface area contributed by atoms with Crippen molar-refractivity contribution in [2.75, 3.05) is 0 Å². The van der Waals surface area contributed by atoms with Crippen LogP contribution in [0.4, 0.5) is 8.78 Å². The van der Waals surface area contributed by atoms with Gasteiger partial charge in [-0.2, -0.15) is 0 Å². The molecule has 0 bridgehead atoms. The van der Waals surface area contributed by atoms with E-state index in [9.17, 15) is 8.78 Å².